The second kappa shape index (κ2) is 6.06. The van der Waals surface area contributed by atoms with Crippen molar-refractivity contribution in [3.63, 3.8) is 0 Å². The van der Waals surface area contributed by atoms with Gasteiger partial charge in [-0.25, -0.2) is 0 Å². The fraction of sp³-hybridized carbons (Fsp3) is 0.0455. The van der Waals surface area contributed by atoms with Crippen molar-refractivity contribution < 1.29 is 0 Å². The van der Waals surface area contributed by atoms with Gasteiger partial charge >= 0.3 is 0 Å². The first kappa shape index (κ1) is 14.3. The number of hydrogen-bond acceptors (Lipinski definition) is 1. The molecule has 2 aromatic carbocycles. The SMILES string of the molecule is Cc1cccc(C#Cc2ccncc2)c1-n1ccc2ccccc21. The van der Waals surface area contributed by atoms with Gasteiger partial charge in [0.15, 0.2) is 0 Å². The molecule has 0 fully saturated rings. The Balaban J connectivity index is 1.89. The molecule has 0 radical (unpaired) electrons. The average Bonchev–Trinajstić information content (AvgIpc) is 3.05. The molecule has 0 spiro atoms. The maximum atomic E-state index is 4.03. The van der Waals surface area contributed by atoms with Gasteiger partial charge < -0.3 is 4.57 Å². The Kier molecular flexibility index (Phi) is 3.61. The van der Waals surface area contributed by atoms with Gasteiger partial charge in [0.1, 0.15) is 0 Å². The van der Waals surface area contributed by atoms with E-state index in [1.165, 1.54) is 16.5 Å². The summed E-state index contributed by atoms with van der Waals surface area (Å²) in [6, 6.07) is 20.7. The van der Waals surface area contributed by atoms with E-state index in [9.17, 15) is 0 Å². The van der Waals surface area contributed by atoms with Crippen LogP contribution >= 0.6 is 0 Å². The minimum Gasteiger partial charge on any atom is -0.315 e. The van der Waals surface area contributed by atoms with Crippen molar-refractivity contribution in [2.75, 3.05) is 0 Å². The van der Waals surface area contributed by atoms with Crippen LogP contribution in [0.3, 0.4) is 0 Å². The zero-order valence-electron chi connectivity index (χ0n) is 13.4. The van der Waals surface area contributed by atoms with Crippen molar-refractivity contribution in [1.82, 2.24) is 9.55 Å². The van der Waals surface area contributed by atoms with Gasteiger partial charge in [0.2, 0.25) is 0 Å². The first-order valence-corrected chi connectivity index (χ1v) is 7.91. The predicted octanol–water partition coefficient (Wildman–Crippen LogP) is 4.73. The third-order valence-electron chi connectivity index (χ3n) is 4.10. The quantitative estimate of drug-likeness (QED) is 0.465. The molecule has 0 atom stereocenters. The molecule has 0 saturated heterocycles. The topological polar surface area (TPSA) is 17.8 Å². The number of benzene rings is 2. The molecule has 2 nitrogen and oxygen atoms in total. The minimum absolute atomic E-state index is 0.967. The van der Waals surface area contributed by atoms with Crippen molar-refractivity contribution in [1.29, 1.82) is 0 Å². The number of nitrogens with zero attached hydrogens (tertiary/aromatic N) is 2. The molecule has 24 heavy (non-hydrogen) atoms. The number of aryl methyl sites for hydroxylation is 1. The molecule has 0 aliphatic carbocycles. The van der Waals surface area contributed by atoms with E-state index in [0.29, 0.717) is 0 Å². The monoisotopic (exact) mass is 308 g/mol. The van der Waals surface area contributed by atoms with Crippen molar-refractivity contribution in [2.24, 2.45) is 0 Å². The van der Waals surface area contributed by atoms with Crippen molar-refractivity contribution >= 4 is 10.9 Å². The van der Waals surface area contributed by atoms with Crippen LogP contribution in [0.15, 0.2) is 79.3 Å². The number of aromatic nitrogens is 2. The van der Waals surface area contributed by atoms with E-state index in [1.807, 2.05) is 12.1 Å². The Morgan fingerprint density at radius 2 is 1.67 bits per heavy atom. The molecule has 0 N–H and O–H groups in total. The van der Waals surface area contributed by atoms with E-state index < -0.39 is 0 Å². The Morgan fingerprint density at radius 1 is 0.833 bits per heavy atom. The van der Waals surface area contributed by atoms with E-state index in [1.54, 1.807) is 12.4 Å². The summed E-state index contributed by atoms with van der Waals surface area (Å²) in [5.74, 6) is 6.56. The number of hydrogen-bond donors (Lipinski definition) is 0. The second-order valence-corrected chi connectivity index (χ2v) is 5.70. The van der Waals surface area contributed by atoms with Crippen LogP contribution in [0, 0.1) is 18.8 Å². The highest BCUT2D eigenvalue weighted by Crippen LogP contribution is 2.25. The Hall–Kier alpha value is -3.31. The van der Waals surface area contributed by atoms with E-state index in [0.717, 1.165) is 16.8 Å². The van der Waals surface area contributed by atoms with Gasteiger partial charge in [-0.15, -0.1) is 0 Å². The van der Waals surface area contributed by atoms with E-state index >= 15 is 0 Å². The Labute approximate surface area is 141 Å². The highest BCUT2D eigenvalue weighted by molar-refractivity contribution is 5.82. The van der Waals surface area contributed by atoms with Crippen LogP contribution in [0.2, 0.25) is 0 Å². The summed E-state index contributed by atoms with van der Waals surface area (Å²) in [7, 11) is 0. The van der Waals surface area contributed by atoms with Crippen LogP contribution in [0.25, 0.3) is 16.6 Å². The highest BCUT2D eigenvalue weighted by Gasteiger charge is 2.09. The molecule has 4 rings (SSSR count). The van der Waals surface area contributed by atoms with Gasteiger partial charge in [0.05, 0.1) is 11.2 Å². The first-order chi connectivity index (χ1) is 11.8. The van der Waals surface area contributed by atoms with Crippen LogP contribution in [0.4, 0.5) is 0 Å². The maximum Gasteiger partial charge on any atom is 0.0641 e. The van der Waals surface area contributed by atoms with E-state index in [2.05, 4.69) is 83.0 Å². The van der Waals surface area contributed by atoms with Gasteiger partial charge in [0.25, 0.3) is 0 Å². The fourth-order valence-electron chi connectivity index (χ4n) is 2.93. The molecule has 2 heteroatoms. The average molecular weight is 308 g/mol. The molecular formula is C22H16N2. The fourth-order valence-corrected chi connectivity index (χ4v) is 2.93. The lowest BCUT2D eigenvalue weighted by molar-refractivity contribution is 1.10. The lowest BCUT2D eigenvalue weighted by atomic mass is 10.1. The van der Waals surface area contributed by atoms with Gasteiger partial charge in [0, 0.05) is 29.7 Å². The summed E-state index contributed by atoms with van der Waals surface area (Å²) in [6.45, 7) is 2.13. The third-order valence-corrected chi connectivity index (χ3v) is 4.10. The van der Waals surface area contributed by atoms with Crippen molar-refractivity contribution in [2.45, 2.75) is 6.92 Å². The zero-order valence-corrected chi connectivity index (χ0v) is 13.4. The Bertz CT molecular complexity index is 1060. The molecule has 0 aliphatic heterocycles. The summed E-state index contributed by atoms with van der Waals surface area (Å²) in [5.41, 5.74) is 5.53. The predicted molar refractivity (Wildman–Crippen MR) is 98.2 cm³/mol. The summed E-state index contributed by atoms with van der Waals surface area (Å²) in [6.07, 6.45) is 5.64. The standard InChI is InChI=1S/C22H16N2/c1-17-5-4-7-20(10-9-18-11-14-23-15-12-18)22(17)24-16-13-19-6-2-3-8-21(19)24/h2-8,11-16H,1H3. The molecule has 0 saturated carbocycles. The highest BCUT2D eigenvalue weighted by atomic mass is 15.0. The van der Waals surface area contributed by atoms with Crippen molar-refractivity contribution in [3.05, 3.63) is 95.9 Å². The summed E-state index contributed by atoms with van der Waals surface area (Å²) < 4.78 is 2.22. The summed E-state index contributed by atoms with van der Waals surface area (Å²) >= 11 is 0. The summed E-state index contributed by atoms with van der Waals surface area (Å²) in [4.78, 5) is 4.03. The van der Waals surface area contributed by atoms with E-state index in [4.69, 9.17) is 0 Å². The molecule has 0 amide bonds. The molecule has 2 heterocycles. The normalized spacial score (nSPS) is 10.4. The van der Waals surface area contributed by atoms with Crippen LogP contribution in [-0.2, 0) is 0 Å². The Morgan fingerprint density at radius 3 is 2.54 bits per heavy atom. The molecule has 2 aromatic heterocycles. The van der Waals surface area contributed by atoms with Gasteiger partial charge in [-0.2, -0.15) is 0 Å². The second-order valence-electron chi connectivity index (χ2n) is 5.70. The number of pyridine rings is 1. The van der Waals surface area contributed by atoms with Crippen LogP contribution in [0.5, 0.6) is 0 Å². The van der Waals surface area contributed by atoms with Crippen LogP contribution in [-0.4, -0.2) is 9.55 Å². The largest absolute Gasteiger partial charge is 0.315 e. The van der Waals surface area contributed by atoms with Gasteiger partial charge in [-0.1, -0.05) is 42.2 Å². The zero-order chi connectivity index (χ0) is 16.4. The molecule has 0 aliphatic rings. The summed E-state index contributed by atoms with van der Waals surface area (Å²) in [5, 5.41) is 1.23. The molecular weight excluding hydrogens is 292 g/mol. The number of rotatable bonds is 1. The van der Waals surface area contributed by atoms with Gasteiger partial charge in [-0.3, -0.25) is 4.98 Å². The minimum atomic E-state index is 0.967. The van der Waals surface area contributed by atoms with Gasteiger partial charge in [-0.05, 0) is 48.2 Å². The molecule has 114 valence electrons. The van der Waals surface area contributed by atoms with E-state index in [-0.39, 0.29) is 0 Å². The number of para-hydroxylation sites is 2. The molecule has 0 unspecified atom stereocenters. The smallest absolute Gasteiger partial charge is 0.0641 e. The number of fused-ring (bicyclic) bond motifs is 1. The lowest BCUT2D eigenvalue weighted by Crippen LogP contribution is -1.99. The lowest BCUT2D eigenvalue weighted by Gasteiger charge is -2.11. The van der Waals surface area contributed by atoms with Crippen LogP contribution in [0.1, 0.15) is 16.7 Å². The molecule has 0 bridgehead atoms. The van der Waals surface area contributed by atoms with Crippen molar-refractivity contribution in [3.8, 4) is 17.5 Å². The molecule has 4 aromatic rings. The first-order valence-electron chi connectivity index (χ1n) is 7.91. The third kappa shape index (κ3) is 2.57. The van der Waals surface area contributed by atoms with Crippen LogP contribution < -0.4 is 0 Å². The maximum absolute atomic E-state index is 4.03.